The third-order valence-electron chi connectivity index (χ3n) is 8.46. The molecule has 1 heteroatoms. The summed E-state index contributed by atoms with van der Waals surface area (Å²) >= 11 is 0. The van der Waals surface area contributed by atoms with Crippen molar-refractivity contribution in [2.24, 2.45) is 0 Å². The number of benzene rings is 8. The van der Waals surface area contributed by atoms with Gasteiger partial charge in [-0.25, -0.2) is 0 Å². The highest BCUT2D eigenvalue weighted by Gasteiger charge is 2.21. The number of rotatable bonds is 4. The fourth-order valence-corrected chi connectivity index (χ4v) is 6.57. The molecule has 0 fully saturated rings. The van der Waals surface area contributed by atoms with Crippen molar-refractivity contribution in [2.75, 3.05) is 0 Å². The Morgan fingerprint density at radius 3 is 1.53 bits per heavy atom. The molecule has 0 radical (unpaired) electrons. The summed E-state index contributed by atoms with van der Waals surface area (Å²) in [4.78, 5) is 0. The summed E-state index contributed by atoms with van der Waals surface area (Å²) in [6.07, 6.45) is 0. The largest absolute Gasteiger partial charge is 0.455 e. The first-order valence-corrected chi connectivity index (χ1v) is 14.6. The van der Waals surface area contributed by atoms with E-state index in [1.807, 2.05) is 60.7 Å². The van der Waals surface area contributed by atoms with E-state index >= 15 is 0 Å². The van der Waals surface area contributed by atoms with Crippen molar-refractivity contribution in [1.29, 1.82) is 0 Å². The standard InChI is InChI=1S/C44H28O/c1-3-13-29(14-4-1)30-25-27-32(28-26-30)41-34-17-7-9-19-36(34)42(37-20-10-8-18-35(37)41)38-22-12-24-40-43(38)39-23-11-21-33(44(39)45-40)31-15-5-2-6-16-31/h1-28H/i1D,2D,3D,4D,5D,6D,13D,14D,15D,16D. The predicted molar refractivity (Wildman–Crippen MR) is 190 cm³/mol. The van der Waals surface area contributed by atoms with Gasteiger partial charge in [-0.2, -0.15) is 0 Å². The second-order valence-corrected chi connectivity index (χ2v) is 10.9. The minimum atomic E-state index is -0.454. The molecule has 0 bridgehead atoms. The second kappa shape index (κ2) is 10.4. The first-order valence-electron chi connectivity index (χ1n) is 19.6. The molecule has 8 aromatic carbocycles. The molecule has 0 aliphatic rings. The van der Waals surface area contributed by atoms with E-state index in [1.54, 1.807) is 18.2 Å². The monoisotopic (exact) mass is 582 g/mol. The van der Waals surface area contributed by atoms with Crippen molar-refractivity contribution in [3.05, 3.63) is 170 Å². The topological polar surface area (TPSA) is 13.1 Å². The van der Waals surface area contributed by atoms with Crippen LogP contribution in [0.4, 0.5) is 0 Å². The molecule has 9 rings (SSSR count). The molecule has 1 heterocycles. The van der Waals surface area contributed by atoms with Gasteiger partial charge in [-0.05, 0) is 66.6 Å². The average Bonchev–Trinajstić information content (AvgIpc) is 3.60. The lowest BCUT2D eigenvalue weighted by atomic mass is 9.84. The summed E-state index contributed by atoms with van der Waals surface area (Å²) < 4.78 is 89.9. The Balaban J connectivity index is 1.29. The van der Waals surface area contributed by atoms with Crippen LogP contribution < -0.4 is 0 Å². The van der Waals surface area contributed by atoms with E-state index in [1.165, 1.54) is 0 Å². The summed E-state index contributed by atoms with van der Waals surface area (Å²) in [5, 5.41) is 5.50. The summed E-state index contributed by atoms with van der Waals surface area (Å²) in [5.41, 5.74) is 5.94. The van der Waals surface area contributed by atoms with Crippen LogP contribution in [0.1, 0.15) is 13.7 Å². The van der Waals surface area contributed by atoms with Crippen molar-refractivity contribution >= 4 is 43.5 Å². The Kier molecular flexibility index (Phi) is 4.01. The number of fused-ring (bicyclic) bond motifs is 5. The molecule has 210 valence electrons. The van der Waals surface area contributed by atoms with Gasteiger partial charge in [0.15, 0.2) is 0 Å². The number of furan rings is 1. The van der Waals surface area contributed by atoms with Gasteiger partial charge in [-0.3, -0.25) is 0 Å². The van der Waals surface area contributed by atoms with E-state index < -0.39 is 24.2 Å². The summed E-state index contributed by atoms with van der Waals surface area (Å²) in [5.74, 6) is 0. The highest BCUT2D eigenvalue weighted by molar-refractivity contribution is 6.26. The van der Waals surface area contributed by atoms with E-state index in [0.717, 1.165) is 54.6 Å². The van der Waals surface area contributed by atoms with Crippen LogP contribution in [-0.4, -0.2) is 0 Å². The molecule has 1 aromatic heterocycles. The van der Waals surface area contributed by atoms with E-state index in [2.05, 4.69) is 30.3 Å². The second-order valence-electron chi connectivity index (χ2n) is 10.9. The summed E-state index contributed by atoms with van der Waals surface area (Å²) in [6.45, 7) is 0. The third-order valence-corrected chi connectivity index (χ3v) is 8.46. The minimum Gasteiger partial charge on any atom is -0.455 e. The van der Waals surface area contributed by atoms with Crippen molar-refractivity contribution < 1.29 is 18.1 Å². The first-order chi connectivity index (χ1) is 26.5. The van der Waals surface area contributed by atoms with E-state index in [9.17, 15) is 0 Å². The van der Waals surface area contributed by atoms with Crippen LogP contribution in [0.3, 0.4) is 0 Å². The van der Waals surface area contributed by atoms with Crippen LogP contribution in [0, 0.1) is 0 Å². The molecule has 0 amide bonds. The Labute approximate surface area is 275 Å². The zero-order valence-corrected chi connectivity index (χ0v) is 23.8. The summed E-state index contributed by atoms with van der Waals surface area (Å²) in [6, 6.07) is 31.5. The Bertz CT molecular complexity index is 2980. The molecule has 9 aromatic rings. The van der Waals surface area contributed by atoms with Crippen molar-refractivity contribution in [3.63, 3.8) is 0 Å². The first kappa shape index (κ1) is 17.4. The Hall–Kier alpha value is -5.92. The summed E-state index contributed by atoms with van der Waals surface area (Å²) in [7, 11) is 0. The molecule has 0 saturated carbocycles. The lowest BCUT2D eigenvalue weighted by Crippen LogP contribution is -1.91. The molecular weight excluding hydrogens is 544 g/mol. The van der Waals surface area contributed by atoms with Crippen molar-refractivity contribution in [3.8, 4) is 44.5 Å². The molecule has 0 unspecified atom stereocenters. The fraction of sp³-hybridized carbons (Fsp3) is 0. The number of hydrogen-bond acceptors (Lipinski definition) is 1. The fourth-order valence-electron chi connectivity index (χ4n) is 6.57. The van der Waals surface area contributed by atoms with Gasteiger partial charge in [0.25, 0.3) is 0 Å². The van der Waals surface area contributed by atoms with Gasteiger partial charge in [0.05, 0.1) is 13.7 Å². The van der Waals surface area contributed by atoms with Crippen LogP contribution in [-0.2, 0) is 0 Å². The number of hydrogen-bond donors (Lipinski definition) is 0. The van der Waals surface area contributed by atoms with Gasteiger partial charge in [0, 0.05) is 16.3 Å². The van der Waals surface area contributed by atoms with Crippen molar-refractivity contribution in [2.45, 2.75) is 0 Å². The van der Waals surface area contributed by atoms with Gasteiger partial charge >= 0.3 is 0 Å². The van der Waals surface area contributed by atoms with Crippen LogP contribution in [0.15, 0.2) is 174 Å². The SMILES string of the molecule is [2H]c1c([2H])c([2H])c(-c2ccc(-c3c4ccccc4c(-c4cccc5oc6c(-c7c([2H])c([2H])c([2H])c([2H])c7[2H])cccc6c45)c4ccccc34)cc2)c([2H])c1[2H]. The molecule has 0 aliphatic carbocycles. The predicted octanol–water partition coefficient (Wildman–Crippen LogP) is 12.6. The molecule has 1 nitrogen and oxygen atoms in total. The van der Waals surface area contributed by atoms with E-state index in [0.29, 0.717) is 22.3 Å². The smallest absolute Gasteiger partial charge is 0.143 e. The molecule has 0 N–H and O–H groups in total. The van der Waals surface area contributed by atoms with Gasteiger partial charge in [0.2, 0.25) is 0 Å². The zero-order valence-electron chi connectivity index (χ0n) is 33.8. The molecule has 45 heavy (non-hydrogen) atoms. The van der Waals surface area contributed by atoms with Crippen LogP contribution in [0.5, 0.6) is 0 Å². The maximum absolute atomic E-state index is 8.68. The maximum atomic E-state index is 8.68. The Morgan fingerprint density at radius 1 is 0.378 bits per heavy atom. The molecule has 0 atom stereocenters. The quantitative estimate of drug-likeness (QED) is 0.188. The normalized spacial score (nSPS) is 14.7. The third kappa shape index (κ3) is 4.09. The molecular formula is C44H28O. The van der Waals surface area contributed by atoms with Gasteiger partial charge in [-0.15, -0.1) is 0 Å². The zero-order chi connectivity index (χ0) is 38.4. The van der Waals surface area contributed by atoms with Crippen LogP contribution in [0.2, 0.25) is 0 Å². The average molecular weight is 583 g/mol. The molecule has 0 aliphatic heterocycles. The van der Waals surface area contributed by atoms with Gasteiger partial charge in [-0.1, -0.05) is 164 Å². The molecule has 0 saturated heterocycles. The number of para-hydroxylation sites is 1. The lowest BCUT2D eigenvalue weighted by molar-refractivity contribution is 0.670. The van der Waals surface area contributed by atoms with E-state index in [4.69, 9.17) is 18.1 Å². The minimum absolute atomic E-state index is 0.0787. The molecule has 0 spiro atoms. The van der Waals surface area contributed by atoms with Crippen molar-refractivity contribution in [1.82, 2.24) is 0 Å². The highest BCUT2D eigenvalue weighted by atomic mass is 16.3. The maximum Gasteiger partial charge on any atom is 0.143 e. The van der Waals surface area contributed by atoms with Crippen LogP contribution >= 0.6 is 0 Å². The van der Waals surface area contributed by atoms with Gasteiger partial charge in [0.1, 0.15) is 11.2 Å². The van der Waals surface area contributed by atoms with E-state index in [-0.39, 0.29) is 47.4 Å². The lowest BCUT2D eigenvalue weighted by Gasteiger charge is -2.18. The Morgan fingerprint density at radius 2 is 0.889 bits per heavy atom. The van der Waals surface area contributed by atoms with Gasteiger partial charge < -0.3 is 4.42 Å². The van der Waals surface area contributed by atoms with Crippen LogP contribution in [0.25, 0.3) is 88.0 Å². The highest BCUT2D eigenvalue weighted by Crippen LogP contribution is 2.47.